The first-order valence-electron chi connectivity index (χ1n) is 9.41. The van der Waals surface area contributed by atoms with E-state index in [0.29, 0.717) is 6.42 Å². The predicted octanol–water partition coefficient (Wildman–Crippen LogP) is 6.04. The highest BCUT2D eigenvalue weighted by molar-refractivity contribution is 6.51. The number of urea groups is 1. The standard InChI is InChI=1S/C19H16Cl2F6N4O3/c1-16(7-17(16,20)21)8-33-12-6-13(34-9-18(22,23)24)30-14(29-12)31-15(32)28-11-4-2-10(3-5-11)19(25,26)27/h2-6H,7-9H2,1H3,(H2,28,29,30,31,32). The molecule has 0 spiro atoms. The largest absolute Gasteiger partial charge is 0.477 e. The van der Waals surface area contributed by atoms with E-state index in [0.717, 1.165) is 30.3 Å². The Labute approximate surface area is 198 Å². The summed E-state index contributed by atoms with van der Waals surface area (Å²) in [6, 6.07) is 3.56. The molecule has 0 saturated heterocycles. The van der Waals surface area contributed by atoms with Crippen LogP contribution in [0.1, 0.15) is 18.9 Å². The van der Waals surface area contributed by atoms with E-state index in [9.17, 15) is 31.1 Å². The number of rotatable bonds is 7. The van der Waals surface area contributed by atoms with Crippen LogP contribution in [0.5, 0.6) is 11.8 Å². The highest BCUT2D eigenvalue weighted by Crippen LogP contribution is 2.63. The summed E-state index contributed by atoms with van der Waals surface area (Å²) in [5.41, 5.74) is -1.53. The zero-order chi connectivity index (χ0) is 25.4. The lowest BCUT2D eigenvalue weighted by Crippen LogP contribution is -2.23. The van der Waals surface area contributed by atoms with Crippen molar-refractivity contribution in [3.63, 3.8) is 0 Å². The van der Waals surface area contributed by atoms with Crippen molar-refractivity contribution in [2.75, 3.05) is 23.8 Å². The van der Waals surface area contributed by atoms with E-state index in [1.54, 1.807) is 6.92 Å². The van der Waals surface area contributed by atoms with Crippen LogP contribution in [0.2, 0.25) is 0 Å². The number of alkyl halides is 8. The summed E-state index contributed by atoms with van der Waals surface area (Å²) >= 11 is 12.1. The summed E-state index contributed by atoms with van der Waals surface area (Å²) in [7, 11) is 0. The molecule has 1 fully saturated rings. The van der Waals surface area contributed by atoms with Crippen LogP contribution in [-0.4, -0.2) is 39.7 Å². The van der Waals surface area contributed by atoms with E-state index in [1.165, 1.54) is 0 Å². The van der Waals surface area contributed by atoms with Gasteiger partial charge in [-0.05, 0) is 30.7 Å². The van der Waals surface area contributed by atoms with Crippen LogP contribution in [0.3, 0.4) is 0 Å². The fraction of sp³-hybridized carbons (Fsp3) is 0.421. The first-order chi connectivity index (χ1) is 15.6. The minimum atomic E-state index is -4.65. The summed E-state index contributed by atoms with van der Waals surface area (Å²) in [6.45, 7) is 0.0314. The minimum absolute atomic E-state index is 0.00803. The molecule has 1 aliphatic carbocycles. The quantitative estimate of drug-likeness (QED) is 0.335. The number of carbonyl (C=O) groups is 1. The van der Waals surface area contributed by atoms with Crippen molar-refractivity contribution in [1.82, 2.24) is 9.97 Å². The van der Waals surface area contributed by atoms with Crippen LogP contribution in [0.15, 0.2) is 30.3 Å². The average molecular weight is 533 g/mol. The third-order valence-corrected chi connectivity index (χ3v) is 5.85. The van der Waals surface area contributed by atoms with Crippen molar-refractivity contribution in [3.8, 4) is 11.8 Å². The first-order valence-corrected chi connectivity index (χ1v) is 10.2. The predicted molar refractivity (Wildman–Crippen MR) is 110 cm³/mol. The van der Waals surface area contributed by atoms with Gasteiger partial charge < -0.3 is 14.8 Å². The molecule has 1 aromatic carbocycles. The van der Waals surface area contributed by atoms with Gasteiger partial charge in [-0.15, -0.1) is 23.2 Å². The number of hydrogen-bond donors (Lipinski definition) is 2. The maximum Gasteiger partial charge on any atom is 0.422 e. The number of benzene rings is 1. The van der Waals surface area contributed by atoms with Gasteiger partial charge in [-0.3, -0.25) is 5.32 Å². The Morgan fingerprint density at radius 2 is 1.59 bits per heavy atom. The second-order valence-electron chi connectivity index (χ2n) is 7.66. The highest BCUT2D eigenvalue weighted by Gasteiger charge is 2.63. The second kappa shape index (κ2) is 9.17. The lowest BCUT2D eigenvalue weighted by molar-refractivity contribution is -0.154. The molecule has 7 nitrogen and oxygen atoms in total. The number of amides is 2. The molecule has 1 unspecified atom stereocenters. The zero-order valence-electron chi connectivity index (χ0n) is 17.2. The van der Waals surface area contributed by atoms with Gasteiger partial charge in [0.05, 0.1) is 18.2 Å². The molecular weight excluding hydrogens is 517 g/mol. The van der Waals surface area contributed by atoms with Crippen molar-refractivity contribution in [2.24, 2.45) is 5.41 Å². The zero-order valence-corrected chi connectivity index (χ0v) is 18.7. The van der Waals surface area contributed by atoms with E-state index in [4.69, 9.17) is 27.9 Å². The Bertz CT molecular complexity index is 1050. The summed E-state index contributed by atoms with van der Waals surface area (Å²) in [6.07, 6.45) is -8.80. The van der Waals surface area contributed by atoms with Crippen molar-refractivity contribution < 1.29 is 40.6 Å². The van der Waals surface area contributed by atoms with Crippen molar-refractivity contribution in [2.45, 2.75) is 30.0 Å². The fourth-order valence-electron chi connectivity index (χ4n) is 2.61. The van der Waals surface area contributed by atoms with E-state index in [1.807, 2.05) is 0 Å². The van der Waals surface area contributed by atoms with Gasteiger partial charge in [0, 0.05) is 11.1 Å². The number of nitrogens with zero attached hydrogens (tertiary/aromatic N) is 2. The Morgan fingerprint density at radius 1 is 1.03 bits per heavy atom. The molecule has 34 heavy (non-hydrogen) atoms. The minimum Gasteiger partial charge on any atom is -0.477 e. The average Bonchev–Trinajstić information content (AvgIpc) is 3.21. The molecule has 1 saturated carbocycles. The van der Waals surface area contributed by atoms with Crippen LogP contribution >= 0.6 is 23.2 Å². The molecule has 1 aliphatic rings. The third kappa shape index (κ3) is 6.92. The lowest BCUT2D eigenvalue weighted by Gasteiger charge is -2.15. The van der Waals surface area contributed by atoms with Crippen LogP contribution < -0.4 is 20.1 Å². The van der Waals surface area contributed by atoms with Crippen molar-refractivity contribution >= 4 is 40.9 Å². The number of carbonyl (C=O) groups excluding carboxylic acids is 1. The molecule has 0 bridgehead atoms. The number of ether oxygens (including phenoxy) is 2. The Kier molecular flexibility index (Phi) is 7.00. The van der Waals surface area contributed by atoms with Crippen LogP contribution in [0, 0.1) is 5.41 Å². The van der Waals surface area contributed by atoms with Crippen LogP contribution in [0.4, 0.5) is 42.8 Å². The smallest absolute Gasteiger partial charge is 0.422 e. The molecule has 2 aromatic rings. The summed E-state index contributed by atoms with van der Waals surface area (Å²) in [4.78, 5) is 19.7. The van der Waals surface area contributed by atoms with Gasteiger partial charge in [-0.1, -0.05) is 6.92 Å². The van der Waals surface area contributed by atoms with Gasteiger partial charge in [0.25, 0.3) is 0 Å². The fourth-order valence-corrected chi connectivity index (χ4v) is 3.30. The molecule has 3 rings (SSSR count). The first kappa shape index (κ1) is 25.9. The molecule has 1 atom stereocenters. The van der Waals surface area contributed by atoms with Crippen LogP contribution in [-0.2, 0) is 6.18 Å². The van der Waals surface area contributed by atoms with Crippen LogP contribution in [0.25, 0.3) is 0 Å². The van der Waals surface area contributed by atoms with Gasteiger partial charge in [-0.25, -0.2) is 4.79 Å². The van der Waals surface area contributed by atoms with Gasteiger partial charge in [0.1, 0.15) is 4.33 Å². The Morgan fingerprint density at radius 3 is 2.09 bits per heavy atom. The molecule has 186 valence electrons. The van der Waals surface area contributed by atoms with Gasteiger partial charge >= 0.3 is 18.4 Å². The molecule has 1 heterocycles. The molecule has 2 amide bonds. The second-order valence-corrected chi connectivity index (χ2v) is 9.14. The Balaban J connectivity index is 1.71. The normalized spacial score (nSPS) is 19.3. The number of aromatic nitrogens is 2. The highest BCUT2D eigenvalue weighted by atomic mass is 35.5. The Hall–Kier alpha value is -2.67. The number of halogens is 8. The molecule has 15 heteroatoms. The molecular formula is C19H16Cl2F6N4O3. The maximum absolute atomic E-state index is 12.6. The van der Waals surface area contributed by atoms with E-state index in [2.05, 4.69) is 25.3 Å². The lowest BCUT2D eigenvalue weighted by atomic mass is 10.2. The monoisotopic (exact) mass is 532 g/mol. The molecule has 0 radical (unpaired) electrons. The topological polar surface area (TPSA) is 85.4 Å². The SMILES string of the molecule is CC1(COc2cc(OCC(F)(F)F)nc(NC(=O)Nc3ccc(C(F)(F)F)cc3)n2)CC1(Cl)Cl. The third-order valence-electron chi connectivity index (χ3n) is 4.67. The molecule has 0 aliphatic heterocycles. The van der Waals surface area contributed by atoms with Crippen molar-refractivity contribution in [3.05, 3.63) is 35.9 Å². The summed E-state index contributed by atoms with van der Waals surface area (Å²) in [5, 5.41) is 4.40. The number of hydrogen-bond acceptors (Lipinski definition) is 5. The maximum atomic E-state index is 12.6. The van der Waals surface area contributed by atoms with E-state index in [-0.39, 0.29) is 18.2 Å². The summed E-state index contributed by atoms with van der Waals surface area (Å²) < 4.78 is 84.5. The van der Waals surface area contributed by atoms with Gasteiger partial charge in [-0.2, -0.15) is 36.3 Å². The number of anilines is 2. The van der Waals surface area contributed by atoms with E-state index >= 15 is 0 Å². The van der Waals surface area contributed by atoms with Gasteiger partial charge in [0.2, 0.25) is 17.7 Å². The van der Waals surface area contributed by atoms with Crippen molar-refractivity contribution in [1.29, 1.82) is 0 Å². The van der Waals surface area contributed by atoms with E-state index < -0.39 is 52.1 Å². The summed E-state index contributed by atoms with van der Waals surface area (Å²) in [5.74, 6) is -1.26. The van der Waals surface area contributed by atoms with Gasteiger partial charge in [0.15, 0.2) is 6.61 Å². The number of nitrogens with one attached hydrogen (secondary N) is 2. The molecule has 1 aromatic heterocycles. The molecule has 2 N–H and O–H groups in total.